The van der Waals surface area contributed by atoms with Crippen LogP contribution < -0.4 is 19.9 Å². The maximum absolute atomic E-state index is 12.4. The zero-order chi connectivity index (χ0) is 19.1. The Hall–Kier alpha value is -3.26. The number of pyridine rings is 1. The minimum Gasteiger partial charge on any atom is -0.506 e. The molecule has 0 spiro atoms. The minimum atomic E-state index is -4.07. The fourth-order valence-corrected chi connectivity index (χ4v) is 3.89. The molecule has 0 bridgehead atoms. The average molecular weight is 377 g/mol. The molecule has 0 saturated carbocycles. The summed E-state index contributed by atoms with van der Waals surface area (Å²) in [4.78, 5) is 23.8. The Morgan fingerprint density at radius 1 is 1.35 bits per heavy atom. The molecule has 11 heteroatoms. The number of benzene rings is 1. The summed E-state index contributed by atoms with van der Waals surface area (Å²) >= 11 is 0. The number of phenolic OH excluding ortho intramolecular Hbond substituents is 1. The van der Waals surface area contributed by atoms with Crippen molar-refractivity contribution >= 4 is 38.4 Å². The number of hydrogen-bond acceptors (Lipinski definition) is 7. The first-order chi connectivity index (χ1) is 12.2. The summed E-state index contributed by atoms with van der Waals surface area (Å²) in [5.41, 5.74) is 0.203. The van der Waals surface area contributed by atoms with Gasteiger partial charge >= 0.3 is 10.2 Å². The Morgan fingerprint density at radius 2 is 2.08 bits per heavy atom. The van der Waals surface area contributed by atoms with Crippen LogP contribution in [0.15, 0.2) is 23.0 Å². The maximum atomic E-state index is 12.4. The number of hydrogen-bond donors (Lipinski definition) is 3. The summed E-state index contributed by atoms with van der Waals surface area (Å²) in [7, 11) is -2.56. The van der Waals surface area contributed by atoms with Gasteiger partial charge in [-0.2, -0.15) is 13.7 Å². The number of phenols is 1. The molecule has 0 radical (unpaired) electrons. The van der Waals surface area contributed by atoms with Gasteiger partial charge in [0.1, 0.15) is 18.0 Å². The predicted octanol–water partition coefficient (Wildman–Crippen LogP) is -0.249. The summed E-state index contributed by atoms with van der Waals surface area (Å²) in [6.07, 6.45) is 0.210. The minimum absolute atomic E-state index is 0.0718. The lowest BCUT2D eigenvalue weighted by atomic mass is 10.1. The van der Waals surface area contributed by atoms with Crippen LogP contribution in [0.25, 0.3) is 10.9 Å². The fraction of sp³-hybridized carbons (Fsp3) is 0.267. The summed E-state index contributed by atoms with van der Waals surface area (Å²) in [6, 6.07) is 6.12. The summed E-state index contributed by atoms with van der Waals surface area (Å²) in [5, 5.41) is 22.2. The van der Waals surface area contributed by atoms with Gasteiger partial charge in [0.05, 0.1) is 23.7 Å². The van der Waals surface area contributed by atoms with Crippen molar-refractivity contribution < 1.29 is 18.3 Å². The predicted molar refractivity (Wildman–Crippen MR) is 94.0 cm³/mol. The van der Waals surface area contributed by atoms with Crippen molar-refractivity contribution in [2.75, 3.05) is 22.7 Å². The topological polar surface area (TPSA) is 145 Å². The summed E-state index contributed by atoms with van der Waals surface area (Å²) in [5.74, 6) is -1.08. The maximum Gasteiger partial charge on any atom is 0.326 e. The van der Waals surface area contributed by atoms with Crippen molar-refractivity contribution in [3.8, 4) is 11.8 Å². The highest BCUT2D eigenvalue weighted by atomic mass is 32.2. The van der Waals surface area contributed by atoms with Crippen LogP contribution in [0.2, 0.25) is 0 Å². The van der Waals surface area contributed by atoms with Gasteiger partial charge < -0.3 is 15.0 Å². The van der Waals surface area contributed by atoms with Crippen LogP contribution >= 0.6 is 0 Å². The van der Waals surface area contributed by atoms with E-state index in [-0.39, 0.29) is 35.6 Å². The molecule has 1 aliphatic rings. The average Bonchev–Trinajstić information content (AvgIpc) is 2.85. The molecule has 10 nitrogen and oxygen atoms in total. The molecule has 136 valence electrons. The number of carbonyl (C=O) groups excluding carboxylic acids is 1. The Bertz CT molecular complexity index is 1120. The van der Waals surface area contributed by atoms with Gasteiger partial charge in [-0.15, -0.1) is 0 Å². The van der Waals surface area contributed by atoms with E-state index in [9.17, 15) is 23.1 Å². The first kappa shape index (κ1) is 17.6. The number of anilines is 2. The lowest BCUT2D eigenvalue weighted by molar-refractivity contribution is -0.117. The third-order valence-corrected chi connectivity index (χ3v) is 5.35. The molecule has 26 heavy (non-hydrogen) atoms. The number of aryl methyl sites for hydroxylation is 1. The Kier molecular flexibility index (Phi) is 4.21. The highest BCUT2D eigenvalue weighted by Gasteiger charge is 2.35. The highest BCUT2D eigenvalue weighted by molar-refractivity contribution is 7.92. The van der Waals surface area contributed by atoms with Crippen LogP contribution in [-0.4, -0.2) is 37.1 Å². The Balaban J connectivity index is 2.15. The largest absolute Gasteiger partial charge is 0.506 e. The van der Waals surface area contributed by atoms with E-state index in [4.69, 9.17) is 5.26 Å². The lowest BCUT2D eigenvalue weighted by Gasteiger charge is -2.18. The molecule has 1 fully saturated rings. The molecule has 1 amide bonds. The van der Waals surface area contributed by atoms with Gasteiger partial charge in [0, 0.05) is 25.0 Å². The lowest BCUT2D eigenvalue weighted by Crippen LogP contribution is -2.29. The van der Waals surface area contributed by atoms with E-state index in [0.29, 0.717) is 10.9 Å². The molecule has 1 aromatic carbocycles. The van der Waals surface area contributed by atoms with E-state index < -0.39 is 22.7 Å². The van der Waals surface area contributed by atoms with E-state index in [1.54, 1.807) is 0 Å². The first-order valence-electron chi connectivity index (χ1n) is 7.55. The van der Waals surface area contributed by atoms with E-state index >= 15 is 0 Å². The molecule has 0 unspecified atom stereocenters. The van der Waals surface area contributed by atoms with E-state index in [0.717, 1.165) is 4.31 Å². The fourth-order valence-electron chi connectivity index (χ4n) is 2.74. The van der Waals surface area contributed by atoms with Crippen LogP contribution in [0, 0.1) is 11.3 Å². The van der Waals surface area contributed by atoms with Gasteiger partial charge in [-0.05, 0) is 12.1 Å². The molecular formula is C15H15N5O5S. The molecule has 1 aromatic heterocycles. The number of rotatable bonds is 4. The number of aromatic hydroxyl groups is 1. The molecule has 0 aliphatic carbocycles. The van der Waals surface area contributed by atoms with Crippen LogP contribution in [0.1, 0.15) is 6.42 Å². The van der Waals surface area contributed by atoms with E-state index in [1.165, 1.54) is 29.8 Å². The van der Waals surface area contributed by atoms with Gasteiger partial charge in [0.15, 0.2) is 0 Å². The molecule has 2 aromatic rings. The van der Waals surface area contributed by atoms with Crippen molar-refractivity contribution in [2.45, 2.75) is 6.42 Å². The molecule has 2 heterocycles. The van der Waals surface area contributed by atoms with Crippen molar-refractivity contribution in [2.24, 2.45) is 7.05 Å². The second kappa shape index (κ2) is 6.23. The zero-order valence-corrected chi connectivity index (χ0v) is 14.5. The van der Waals surface area contributed by atoms with Gasteiger partial charge in [-0.25, -0.2) is 9.03 Å². The second-order valence-electron chi connectivity index (χ2n) is 5.69. The van der Waals surface area contributed by atoms with Gasteiger partial charge in [-0.3, -0.25) is 9.59 Å². The van der Waals surface area contributed by atoms with Gasteiger partial charge in [-0.1, -0.05) is 0 Å². The number of carbonyl (C=O) groups is 1. The Morgan fingerprint density at radius 3 is 2.69 bits per heavy atom. The molecule has 0 atom stereocenters. The van der Waals surface area contributed by atoms with Crippen molar-refractivity contribution in [3.05, 3.63) is 28.6 Å². The Labute approximate surface area is 148 Å². The normalized spacial score (nSPS) is 15.7. The van der Waals surface area contributed by atoms with Crippen LogP contribution in [0.3, 0.4) is 0 Å². The van der Waals surface area contributed by atoms with E-state index in [1.807, 2.05) is 10.8 Å². The second-order valence-corrected chi connectivity index (χ2v) is 7.29. The first-order valence-corrected chi connectivity index (χ1v) is 8.99. The molecule has 3 rings (SSSR count). The van der Waals surface area contributed by atoms with Crippen molar-refractivity contribution in [3.63, 3.8) is 0 Å². The molecular weight excluding hydrogens is 362 g/mol. The smallest absolute Gasteiger partial charge is 0.326 e. The standard InChI is InChI=1S/C15H15N5O5S/c1-19-11-7-13(21)12(20-8-14(22)18-26(20,24)25)6-9(11)5-10(15(19)23)17-4-2-3-16/h5-7,17,21H,2,4,8H2,1H3,(H,18,22). The van der Waals surface area contributed by atoms with Crippen LogP contribution in [0.5, 0.6) is 5.75 Å². The number of nitrogens with zero attached hydrogens (tertiary/aromatic N) is 3. The van der Waals surface area contributed by atoms with Crippen LogP contribution in [0.4, 0.5) is 11.4 Å². The number of aromatic nitrogens is 1. The molecule has 3 N–H and O–H groups in total. The number of nitrogens with one attached hydrogen (secondary N) is 2. The molecule has 1 aliphatic heterocycles. The van der Waals surface area contributed by atoms with E-state index in [2.05, 4.69) is 5.32 Å². The third-order valence-electron chi connectivity index (χ3n) is 3.96. The molecule has 1 saturated heterocycles. The SMILES string of the molecule is Cn1c(=O)c(NCCC#N)cc2cc(N3CC(=O)NS3(=O)=O)c(O)cc21. The number of fused-ring (bicyclic) bond motifs is 1. The summed E-state index contributed by atoms with van der Waals surface area (Å²) in [6.45, 7) is -0.165. The monoisotopic (exact) mass is 377 g/mol. The van der Waals surface area contributed by atoms with Crippen molar-refractivity contribution in [1.82, 2.24) is 9.29 Å². The van der Waals surface area contributed by atoms with Crippen molar-refractivity contribution in [1.29, 1.82) is 5.26 Å². The van der Waals surface area contributed by atoms with Gasteiger partial charge in [0.2, 0.25) is 0 Å². The van der Waals surface area contributed by atoms with Gasteiger partial charge in [0.25, 0.3) is 11.5 Å². The quantitative estimate of drug-likeness (QED) is 0.623. The number of nitriles is 1. The third kappa shape index (κ3) is 2.91. The summed E-state index contributed by atoms with van der Waals surface area (Å²) < 4.78 is 27.9. The van der Waals surface area contributed by atoms with Crippen LogP contribution in [-0.2, 0) is 22.1 Å². The number of amides is 1. The zero-order valence-electron chi connectivity index (χ0n) is 13.7. The highest BCUT2D eigenvalue weighted by Crippen LogP contribution is 2.34.